The second kappa shape index (κ2) is 18.2. The van der Waals surface area contributed by atoms with Gasteiger partial charge in [0.2, 0.25) is 0 Å². The number of anilines is 6. The lowest BCUT2D eigenvalue weighted by molar-refractivity contribution is 0.104. The van der Waals surface area contributed by atoms with Crippen LogP contribution in [0.3, 0.4) is 0 Å². The Morgan fingerprint density at radius 2 is 0.712 bits per heavy atom. The molecule has 59 heavy (non-hydrogen) atoms. The lowest BCUT2D eigenvalue weighted by atomic mass is 10.1. The van der Waals surface area contributed by atoms with E-state index in [2.05, 4.69) is 181 Å². The number of benzene rings is 6. The van der Waals surface area contributed by atoms with Crippen molar-refractivity contribution in [2.24, 2.45) is 0 Å². The van der Waals surface area contributed by atoms with Crippen LogP contribution in [0.2, 0.25) is 0 Å². The Kier molecular flexibility index (Phi) is 12.0. The van der Waals surface area contributed by atoms with E-state index >= 15 is 0 Å². The zero-order chi connectivity index (χ0) is 40.0. The molecule has 1 aromatic heterocycles. The molecule has 2 unspecified atom stereocenters. The van der Waals surface area contributed by atoms with Gasteiger partial charge in [-0.3, -0.25) is 0 Å². The number of epoxide rings is 2. The number of ether oxygens (including phenoxy) is 4. The van der Waals surface area contributed by atoms with Crippen LogP contribution < -0.4 is 9.80 Å². The summed E-state index contributed by atoms with van der Waals surface area (Å²) in [5, 5.41) is 0. The van der Waals surface area contributed by atoms with Gasteiger partial charge in [0, 0.05) is 43.9 Å². The summed E-state index contributed by atoms with van der Waals surface area (Å²) < 4.78 is 22.3. The van der Waals surface area contributed by atoms with Crippen LogP contribution in [0.5, 0.6) is 0 Å². The van der Waals surface area contributed by atoms with E-state index in [0.29, 0.717) is 26.4 Å². The summed E-state index contributed by atoms with van der Waals surface area (Å²) in [6.07, 6.45) is 2.56. The molecule has 2 saturated heterocycles. The van der Waals surface area contributed by atoms with Crippen molar-refractivity contribution >= 4 is 45.5 Å². The maximum Gasteiger partial charge on any atom is 0.104 e. The molecule has 0 spiro atoms. The van der Waals surface area contributed by atoms with Gasteiger partial charge in [-0.15, -0.1) is 11.3 Å². The largest absolute Gasteiger partial charge is 0.374 e. The average molecular weight is 799 g/mol. The van der Waals surface area contributed by atoms with E-state index in [1.54, 1.807) is 0 Å². The van der Waals surface area contributed by atoms with Gasteiger partial charge in [0.1, 0.15) is 12.2 Å². The summed E-state index contributed by atoms with van der Waals surface area (Å²) in [4.78, 5) is 7.12. The SMILES string of the molecule is CCc1ccc(N(c2ccc(COCC3CO3)cc2)c2ccc(-c3ccc(-c4ccc(N(c5ccc(CC)cc5)c5ccc(COCC6CO6)cc5)cc4)s3)cc2)cc1. The van der Waals surface area contributed by atoms with E-state index in [9.17, 15) is 0 Å². The van der Waals surface area contributed by atoms with Crippen molar-refractivity contribution in [1.82, 2.24) is 0 Å². The monoisotopic (exact) mass is 798 g/mol. The standard InChI is InChI=1S/C52H50N2O4S/c1-3-37-5-17-43(18-6-37)53(45-21-9-39(10-22-45)31-55-33-49-35-57-49)47-25-13-41(14-26-47)51-29-30-52(59-51)42-15-27-48(28-16-42)54(44-19-7-38(4-2)8-20-44)46-23-11-40(12-24-46)32-56-34-50-36-58-50/h5-30,49-50H,3-4,31-36H2,1-2H3. The summed E-state index contributed by atoms with van der Waals surface area (Å²) in [6.45, 7) is 8.48. The summed E-state index contributed by atoms with van der Waals surface area (Å²) in [6, 6.07) is 57.5. The van der Waals surface area contributed by atoms with Crippen LogP contribution in [0.15, 0.2) is 158 Å². The zero-order valence-corrected chi connectivity index (χ0v) is 34.6. The van der Waals surface area contributed by atoms with Gasteiger partial charge < -0.3 is 28.7 Å². The molecular formula is C52H50N2O4S. The summed E-state index contributed by atoms with van der Waals surface area (Å²) in [5.74, 6) is 0. The molecule has 0 N–H and O–H groups in total. The third-order valence-electron chi connectivity index (χ3n) is 11.0. The molecule has 6 aromatic carbocycles. The molecule has 298 valence electrons. The highest BCUT2D eigenvalue weighted by atomic mass is 32.1. The molecule has 0 radical (unpaired) electrons. The minimum atomic E-state index is 0.270. The maximum absolute atomic E-state index is 5.85. The molecule has 9 rings (SSSR count). The molecule has 7 heteroatoms. The van der Waals surface area contributed by atoms with Crippen molar-refractivity contribution in [2.75, 3.05) is 36.2 Å². The molecule has 2 fully saturated rings. The normalized spacial score (nSPS) is 15.6. The fraction of sp³-hybridized carbons (Fsp3) is 0.231. The van der Waals surface area contributed by atoms with E-state index < -0.39 is 0 Å². The van der Waals surface area contributed by atoms with Crippen LogP contribution in [-0.4, -0.2) is 38.6 Å². The first-order chi connectivity index (χ1) is 29.1. The third-order valence-corrected chi connectivity index (χ3v) is 12.2. The van der Waals surface area contributed by atoms with E-state index in [-0.39, 0.29) is 12.2 Å². The highest BCUT2D eigenvalue weighted by molar-refractivity contribution is 7.18. The van der Waals surface area contributed by atoms with Crippen LogP contribution in [-0.2, 0) is 45.0 Å². The van der Waals surface area contributed by atoms with Crippen molar-refractivity contribution in [3.8, 4) is 20.9 Å². The van der Waals surface area contributed by atoms with Crippen LogP contribution in [0.4, 0.5) is 34.1 Å². The Balaban J connectivity index is 0.926. The Labute approximate surface area is 352 Å². The van der Waals surface area contributed by atoms with Crippen molar-refractivity contribution in [1.29, 1.82) is 0 Å². The summed E-state index contributed by atoms with van der Waals surface area (Å²) >= 11 is 1.82. The van der Waals surface area contributed by atoms with Crippen molar-refractivity contribution in [3.05, 3.63) is 180 Å². The molecule has 2 aliphatic heterocycles. The lowest BCUT2D eigenvalue weighted by Crippen LogP contribution is -2.10. The highest BCUT2D eigenvalue weighted by Crippen LogP contribution is 2.40. The van der Waals surface area contributed by atoms with E-state index in [1.807, 2.05) is 11.3 Å². The van der Waals surface area contributed by atoms with Gasteiger partial charge in [-0.05, 0) is 131 Å². The van der Waals surface area contributed by atoms with Gasteiger partial charge in [-0.2, -0.15) is 0 Å². The molecule has 6 nitrogen and oxygen atoms in total. The first-order valence-corrected chi connectivity index (χ1v) is 21.6. The number of hydrogen-bond acceptors (Lipinski definition) is 7. The first kappa shape index (κ1) is 38.9. The fourth-order valence-electron chi connectivity index (χ4n) is 7.28. The van der Waals surface area contributed by atoms with Gasteiger partial charge in [0.25, 0.3) is 0 Å². The third kappa shape index (κ3) is 9.68. The van der Waals surface area contributed by atoms with Crippen molar-refractivity contribution < 1.29 is 18.9 Å². The van der Waals surface area contributed by atoms with Gasteiger partial charge in [0.15, 0.2) is 0 Å². The molecule has 2 aliphatic rings. The summed E-state index contributed by atoms with van der Waals surface area (Å²) in [7, 11) is 0. The Hall–Kier alpha value is -5.54. The fourth-order valence-corrected chi connectivity index (χ4v) is 8.30. The second-order valence-corrected chi connectivity index (χ2v) is 16.3. The van der Waals surface area contributed by atoms with E-state index in [0.717, 1.165) is 71.3 Å². The molecule has 0 bridgehead atoms. The number of rotatable bonds is 18. The maximum atomic E-state index is 5.85. The van der Waals surface area contributed by atoms with Gasteiger partial charge >= 0.3 is 0 Å². The van der Waals surface area contributed by atoms with Crippen LogP contribution >= 0.6 is 11.3 Å². The van der Waals surface area contributed by atoms with E-state index in [1.165, 1.54) is 32.0 Å². The number of nitrogens with zero attached hydrogens (tertiary/aromatic N) is 2. The van der Waals surface area contributed by atoms with Crippen molar-refractivity contribution in [2.45, 2.75) is 52.1 Å². The van der Waals surface area contributed by atoms with Gasteiger partial charge in [-0.25, -0.2) is 0 Å². The Morgan fingerprint density at radius 3 is 1.00 bits per heavy atom. The van der Waals surface area contributed by atoms with Gasteiger partial charge in [0.05, 0.1) is 39.6 Å². The second-order valence-electron chi connectivity index (χ2n) is 15.2. The lowest BCUT2D eigenvalue weighted by Gasteiger charge is -2.26. The first-order valence-electron chi connectivity index (χ1n) is 20.8. The van der Waals surface area contributed by atoms with Crippen molar-refractivity contribution in [3.63, 3.8) is 0 Å². The zero-order valence-electron chi connectivity index (χ0n) is 33.8. The molecule has 0 amide bonds. The molecule has 0 aliphatic carbocycles. The molecule has 3 heterocycles. The minimum Gasteiger partial charge on any atom is -0.374 e. The highest BCUT2D eigenvalue weighted by Gasteiger charge is 2.23. The predicted octanol–water partition coefficient (Wildman–Crippen LogP) is 13.0. The Morgan fingerprint density at radius 1 is 0.424 bits per heavy atom. The average Bonchev–Trinajstić information content (AvgIpc) is 4.24. The smallest absolute Gasteiger partial charge is 0.104 e. The molecule has 7 aromatic rings. The number of hydrogen-bond donors (Lipinski definition) is 0. The van der Waals surface area contributed by atoms with Gasteiger partial charge in [-0.1, -0.05) is 86.6 Å². The molecule has 0 saturated carbocycles. The minimum absolute atomic E-state index is 0.270. The molecule has 2 atom stereocenters. The quantitative estimate of drug-likeness (QED) is 0.0806. The van der Waals surface area contributed by atoms with Crippen LogP contribution in [0, 0.1) is 0 Å². The van der Waals surface area contributed by atoms with E-state index in [4.69, 9.17) is 18.9 Å². The number of aryl methyl sites for hydroxylation is 2. The number of thiophene rings is 1. The topological polar surface area (TPSA) is 50.0 Å². The Bertz CT molecular complexity index is 2230. The molecular weight excluding hydrogens is 749 g/mol. The predicted molar refractivity (Wildman–Crippen MR) is 242 cm³/mol. The summed E-state index contributed by atoms with van der Waals surface area (Å²) in [5.41, 5.74) is 14.1. The van der Waals surface area contributed by atoms with Crippen LogP contribution in [0.25, 0.3) is 20.9 Å². The van der Waals surface area contributed by atoms with Crippen LogP contribution in [0.1, 0.15) is 36.1 Å².